The third-order valence-corrected chi connectivity index (χ3v) is 2.93. The molecule has 0 N–H and O–H groups in total. The van der Waals surface area contributed by atoms with Crippen LogP contribution in [0.1, 0.15) is 13.8 Å². The second kappa shape index (κ2) is 6.26. The number of nitrogens with zero attached hydrogens (tertiary/aromatic N) is 2. The van der Waals surface area contributed by atoms with E-state index in [9.17, 15) is 0 Å². The van der Waals surface area contributed by atoms with E-state index in [2.05, 4.69) is 30.2 Å². The largest absolute Gasteiger partial charge is 0.383 e. The summed E-state index contributed by atoms with van der Waals surface area (Å²) in [6.45, 7) is 14.7. The molecule has 0 bridgehead atoms. The minimum atomic E-state index is 0.633. The molecule has 3 heteroatoms. The molecule has 15 heavy (non-hydrogen) atoms. The van der Waals surface area contributed by atoms with Gasteiger partial charge in [-0.25, -0.2) is 0 Å². The number of hydrogen-bond donors (Lipinski definition) is 0. The van der Waals surface area contributed by atoms with Crippen molar-refractivity contribution in [1.29, 1.82) is 0 Å². The molecule has 1 heterocycles. The Morgan fingerprint density at radius 2 is 2.20 bits per heavy atom. The minimum Gasteiger partial charge on any atom is -0.383 e. The first-order valence-electron chi connectivity index (χ1n) is 5.73. The van der Waals surface area contributed by atoms with Crippen LogP contribution < -0.4 is 0 Å². The predicted octanol–water partition coefficient (Wildman–Crippen LogP) is 1.21. The third kappa shape index (κ3) is 4.33. The van der Waals surface area contributed by atoms with Gasteiger partial charge in [0, 0.05) is 45.9 Å². The van der Waals surface area contributed by atoms with E-state index in [1.165, 1.54) is 5.57 Å². The van der Waals surface area contributed by atoms with Crippen molar-refractivity contribution in [3.05, 3.63) is 12.2 Å². The Hall–Kier alpha value is -0.380. The predicted molar refractivity (Wildman–Crippen MR) is 64.2 cm³/mol. The van der Waals surface area contributed by atoms with Crippen molar-refractivity contribution < 1.29 is 4.74 Å². The normalized spacial score (nSPS) is 24.3. The second-order valence-electron chi connectivity index (χ2n) is 4.57. The van der Waals surface area contributed by atoms with Crippen LogP contribution >= 0.6 is 0 Å². The van der Waals surface area contributed by atoms with Crippen molar-refractivity contribution >= 4 is 0 Å². The van der Waals surface area contributed by atoms with Crippen LogP contribution in [0, 0.1) is 0 Å². The van der Waals surface area contributed by atoms with Crippen molar-refractivity contribution in [3.63, 3.8) is 0 Å². The Kier molecular flexibility index (Phi) is 5.29. The van der Waals surface area contributed by atoms with Gasteiger partial charge in [0.05, 0.1) is 6.61 Å². The standard InChI is InChI=1S/C12H24N2O/c1-11(2)9-13-5-6-14(7-8-15-4)12(3)10-13/h12H,1,5-10H2,2-4H3/t12-/m1/s1. The van der Waals surface area contributed by atoms with E-state index in [0.717, 1.165) is 39.3 Å². The molecule has 1 atom stereocenters. The van der Waals surface area contributed by atoms with Crippen LogP contribution in [0.3, 0.4) is 0 Å². The molecule has 88 valence electrons. The second-order valence-corrected chi connectivity index (χ2v) is 4.57. The van der Waals surface area contributed by atoms with Gasteiger partial charge in [-0.2, -0.15) is 0 Å². The molecule has 0 aromatic heterocycles. The zero-order valence-electron chi connectivity index (χ0n) is 10.3. The summed E-state index contributed by atoms with van der Waals surface area (Å²) in [6.07, 6.45) is 0. The van der Waals surface area contributed by atoms with Gasteiger partial charge in [0.25, 0.3) is 0 Å². The van der Waals surface area contributed by atoms with E-state index in [1.807, 2.05) is 0 Å². The molecular weight excluding hydrogens is 188 g/mol. The molecular formula is C12H24N2O. The Morgan fingerprint density at radius 3 is 2.73 bits per heavy atom. The highest BCUT2D eigenvalue weighted by molar-refractivity contribution is 4.94. The van der Waals surface area contributed by atoms with Crippen molar-refractivity contribution in [3.8, 4) is 0 Å². The van der Waals surface area contributed by atoms with Crippen molar-refractivity contribution in [2.24, 2.45) is 0 Å². The van der Waals surface area contributed by atoms with Crippen LogP contribution in [0.4, 0.5) is 0 Å². The van der Waals surface area contributed by atoms with Gasteiger partial charge >= 0.3 is 0 Å². The average molecular weight is 212 g/mol. The fraction of sp³-hybridized carbons (Fsp3) is 0.833. The van der Waals surface area contributed by atoms with Crippen LogP contribution in [0.5, 0.6) is 0 Å². The summed E-state index contributed by atoms with van der Waals surface area (Å²) in [5, 5.41) is 0. The zero-order chi connectivity index (χ0) is 11.3. The Morgan fingerprint density at radius 1 is 1.47 bits per heavy atom. The van der Waals surface area contributed by atoms with E-state index in [0.29, 0.717) is 6.04 Å². The van der Waals surface area contributed by atoms with Gasteiger partial charge < -0.3 is 4.74 Å². The van der Waals surface area contributed by atoms with E-state index in [-0.39, 0.29) is 0 Å². The molecule has 1 aliphatic rings. The molecule has 1 fully saturated rings. The van der Waals surface area contributed by atoms with Gasteiger partial charge in [-0.15, -0.1) is 0 Å². The van der Waals surface area contributed by atoms with Crippen molar-refractivity contribution in [1.82, 2.24) is 9.80 Å². The maximum atomic E-state index is 5.11. The molecule has 0 radical (unpaired) electrons. The van der Waals surface area contributed by atoms with Crippen LogP contribution in [0.25, 0.3) is 0 Å². The number of ether oxygens (including phenoxy) is 1. The minimum absolute atomic E-state index is 0.633. The van der Waals surface area contributed by atoms with E-state index >= 15 is 0 Å². The maximum absolute atomic E-state index is 5.11. The molecule has 0 spiro atoms. The van der Waals surface area contributed by atoms with Gasteiger partial charge in [-0.1, -0.05) is 12.2 Å². The first-order chi connectivity index (χ1) is 7.13. The Labute approximate surface area is 93.7 Å². The Bertz CT molecular complexity index is 206. The molecule has 0 aromatic rings. The van der Waals surface area contributed by atoms with Crippen LogP contribution in [-0.2, 0) is 4.74 Å². The molecule has 1 aliphatic heterocycles. The fourth-order valence-corrected chi connectivity index (χ4v) is 2.14. The first kappa shape index (κ1) is 12.7. The zero-order valence-corrected chi connectivity index (χ0v) is 10.3. The fourth-order valence-electron chi connectivity index (χ4n) is 2.14. The van der Waals surface area contributed by atoms with Gasteiger partial charge in [0.2, 0.25) is 0 Å². The molecule has 0 aromatic carbocycles. The van der Waals surface area contributed by atoms with Gasteiger partial charge in [-0.3, -0.25) is 9.80 Å². The van der Waals surface area contributed by atoms with E-state index < -0.39 is 0 Å². The van der Waals surface area contributed by atoms with Crippen LogP contribution in [0.15, 0.2) is 12.2 Å². The lowest BCUT2D eigenvalue weighted by molar-refractivity contribution is 0.0631. The molecule has 1 rings (SSSR count). The molecule has 0 saturated carbocycles. The number of rotatable bonds is 5. The summed E-state index contributed by atoms with van der Waals surface area (Å²) < 4.78 is 5.11. The average Bonchev–Trinajstić information content (AvgIpc) is 2.15. The molecule has 0 amide bonds. The molecule has 0 aliphatic carbocycles. The van der Waals surface area contributed by atoms with Gasteiger partial charge in [-0.05, 0) is 13.8 Å². The summed E-state index contributed by atoms with van der Waals surface area (Å²) in [5.41, 5.74) is 1.26. The summed E-state index contributed by atoms with van der Waals surface area (Å²) in [6, 6.07) is 0.633. The summed E-state index contributed by atoms with van der Waals surface area (Å²) >= 11 is 0. The topological polar surface area (TPSA) is 15.7 Å². The molecule has 3 nitrogen and oxygen atoms in total. The van der Waals surface area contributed by atoms with Crippen LogP contribution in [0.2, 0.25) is 0 Å². The maximum Gasteiger partial charge on any atom is 0.0589 e. The number of piperazine rings is 1. The van der Waals surface area contributed by atoms with E-state index in [4.69, 9.17) is 4.74 Å². The monoisotopic (exact) mass is 212 g/mol. The first-order valence-corrected chi connectivity index (χ1v) is 5.73. The molecule has 1 saturated heterocycles. The van der Waals surface area contributed by atoms with Gasteiger partial charge in [0.15, 0.2) is 0 Å². The van der Waals surface area contributed by atoms with E-state index in [1.54, 1.807) is 7.11 Å². The number of methoxy groups -OCH3 is 1. The smallest absolute Gasteiger partial charge is 0.0589 e. The van der Waals surface area contributed by atoms with Crippen LogP contribution in [-0.4, -0.2) is 62.3 Å². The lowest BCUT2D eigenvalue weighted by atomic mass is 10.1. The summed E-state index contributed by atoms with van der Waals surface area (Å²) in [7, 11) is 1.77. The SMILES string of the molecule is C=C(C)CN1CCN(CCOC)[C@H](C)C1. The van der Waals surface area contributed by atoms with Gasteiger partial charge in [0.1, 0.15) is 0 Å². The quantitative estimate of drug-likeness (QED) is 0.637. The highest BCUT2D eigenvalue weighted by atomic mass is 16.5. The lowest BCUT2D eigenvalue weighted by Gasteiger charge is -2.39. The van der Waals surface area contributed by atoms with Crippen molar-refractivity contribution in [2.45, 2.75) is 19.9 Å². The summed E-state index contributed by atoms with van der Waals surface area (Å²) in [4.78, 5) is 4.98. The lowest BCUT2D eigenvalue weighted by Crippen LogP contribution is -2.52. The highest BCUT2D eigenvalue weighted by Crippen LogP contribution is 2.10. The molecule has 0 unspecified atom stereocenters. The summed E-state index contributed by atoms with van der Waals surface area (Å²) in [5.74, 6) is 0. The third-order valence-electron chi connectivity index (χ3n) is 2.93. The Balaban J connectivity index is 2.30. The number of hydrogen-bond acceptors (Lipinski definition) is 3. The van der Waals surface area contributed by atoms with Crippen molar-refractivity contribution in [2.75, 3.05) is 46.4 Å². The highest BCUT2D eigenvalue weighted by Gasteiger charge is 2.22.